The Hall–Kier alpha value is -4.47. The highest BCUT2D eigenvalue weighted by atomic mass is 32.7. The molecule has 4 aromatic rings. The highest BCUT2D eigenvalue weighted by Crippen LogP contribution is 2.65. The lowest BCUT2D eigenvalue weighted by Gasteiger charge is -2.31. The number of rotatable bonds is 8. The predicted octanol–water partition coefficient (Wildman–Crippen LogP) is 4.22. The quantitative estimate of drug-likeness (QED) is 0.166. The van der Waals surface area contributed by atoms with E-state index in [-0.39, 0.29) is 35.2 Å². The van der Waals surface area contributed by atoms with Crippen molar-refractivity contribution in [2.24, 2.45) is 0 Å². The van der Waals surface area contributed by atoms with E-state index in [0.29, 0.717) is 22.5 Å². The molecule has 2 aromatic carbocycles. The number of ether oxygens (including phenoxy) is 2. The summed E-state index contributed by atoms with van der Waals surface area (Å²) in [7, 11) is -5.26. The maximum absolute atomic E-state index is 16.6. The second kappa shape index (κ2) is 17.1. The van der Waals surface area contributed by atoms with Gasteiger partial charge in [-0.25, -0.2) is 32.9 Å². The first-order valence-electron chi connectivity index (χ1n) is 18.4. The second-order valence-corrected chi connectivity index (χ2v) is 19.6. The summed E-state index contributed by atoms with van der Waals surface area (Å²) in [6.07, 6.45) is -11.0. The summed E-state index contributed by atoms with van der Waals surface area (Å²) >= 11 is 0.647. The molecule has 4 N–H and O–H groups in total. The minimum atomic E-state index is -5.26. The summed E-state index contributed by atoms with van der Waals surface area (Å²) in [5.74, 6) is -1.66. The zero-order valence-electron chi connectivity index (χ0n) is 31.4. The number of benzene rings is 2. The number of halogens is 2. The fraction of sp³-hybridized carbons (Fsp3) is 0.389. The van der Waals surface area contributed by atoms with Gasteiger partial charge in [-0.15, -0.1) is 0 Å². The Morgan fingerprint density at radius 1 is 0.933 bits per heavy atom. The number of nitrogens with two attached hydrogens (primary N) is 1. The van der Waals surface area contributed by atoms with Crippen LogP contribution in [0, 0.1) is 6.92 Å². The van der Waals surface area contributed by atoms with Crippen LogP contribution in [0.4, 0.5) is 14.6 Å². The van der Waals surface area contributed by atoms with Gasteiger partial charge in [0, 0.05) is 24.1 Å². The van der Waals surface area contributed by atoms with Crippen LogP contribution in [0.1, 0.15) is 39.7 Å². The maximum Gasteiger partial charge on any atom is 0.472 e. The summed E-state index contributed by atoms with van der Waals surface area (Å²) < 4.78 is 96.2. The number of aromatic nitrogens is 4. The summed E-state index contributed by atoms with van der Waals surface area (Å²) in [6.45, 7) is -4.27. The van der Waals surface area contributed by atoms with E-state index in [9.17, 15) is 28.4 Å². The van der Waals surface area contributed by atoms with Gasteiger partial charge >= 0.3 is 14.6 Å². The van der Waals surface area contributed by atoms with Gasteiger partial charge in [-0.2, -0.15) is 0 Å². The fourth-order valence-electron chi connectivity index (χ4n) is 6.82. The van der Waals surface area contributed by atoms with Gasteiger partial charge in [0.2, 0.25) is 5.91 Å². The van der Waals surface area contributed by atoms with Crippen LogP contribution in [0.2, 0.25) is 0 Å². The van der Waals surface area contributed by atoms with Gasteiger partial charge < -0.3 is 25.4 Å². The van der Waals surface area contributed by atoms with Crippen LogP contribution in [0.5, 0.6) is 0 Å². The molecular weight excluding hydrogens is 854 g/mol. The number of allylic oxidation sites excluding steroid dienone is 1. The average Bonchev–Trinajstić information content (AvgIpc) is 3.88. The van der Waals surface area contributed by atoms with Gasteiger partial charge in [0.25, 0.3) is 5.91 Å². The van der Waals surface area contributed by atoms with E-state index in [0.717, 1.165) is 34.6 Å². The SMILES string of the molecule is Cc1ccc(C(=O)NCc2ccc(CSP3(=O)OC[C@H]4O[C@@H](N5C=CC(=O)CC5=O)[C@H](OP(=O)(O)OC[C@H]5O[C@@H](n6cnc7c(N)ncnc76)[C@H](O3)[C@@H]5F)[C@@H]4F)cc2)cc1. The van der Waals surface area contributed by atoms with Crippen LogP contribution in [0.3, 0.4) is 0 Å². The van der Waals surface area contributed by atoms with Crippen molar-refractivity contribution in [1.82, 2.24) is 29.7 Å². The molecule has 2 unspecified atom stereocenters. The van der Waals surface area contributed by atoms with E-state index in [2.05, 4.69) is 20.3 Å². The van der Waals surface area contributed by atoms with Crippen molar-refractivity contribution in [3.05, 3.63) is 95.7 Å². The molecule has 4 bridgehead atoms. The molecule has 8 rings (SSSR count). The van der Waals surface area contributed by atoms with E-state index in [1.54, 1.807) is 36.4 Å². The summed E-state index contributed by atoms with van der Waals surface area (Å²) in [5, 5.41) is 2.86. The van der Waals surface area contributed by atoms with Crippen LogP contribution >= 0.6 is 26.0 Å². The molecule has 0 radical (unpaired) electrons. The number of aryl methyl sites for hydroxylation is 1. The van der Waals surface area contributed by atoms with E-state index in [1.165, 1.54) is 10.9 Å². The standard InChI is InChI=1S/C36H37F2N7O12P2S/c1-19-2-8-22(9-3-19)34(48)40-13-20-4-6-21(7-5-20)16-60-59(51)53-15-25-27(37)30(35(54-25)44-11-10-23(46)12-26(44)47)56-58(49,50)52-14-24-28(38)31(57-59)36(55-24)45-18-43-29-32(39)41-17-42-33(29)45/h2-11,17-18,24-25,27-28,30-31,35-36H,12-16H2,1H3,(H,40,48)(H,49,50)(H2,39,41,42)/t24-,25-,27-,28-,30-,31-,35-,36-,59?/m1/s1. The van der Waals surface area contributed by atoms with Crippen molar-refractivity contribution in [3.63, 3.8) is 0 Å². The lowest BCUT2D eigenvalue weighted by Crippen LogP contribution is -2.46. The second-order valence-electron chi connectivity index (χ2n) is 14.1. The van der Waals surface area contributed by atoms with E-state index >= 15 is 8.78 Å². The van der Waals surface area contributed by atoms with Crippen LogP contribution in [-0.2, 0) is 58.6 Å². The van der Waals surface area contributed by atoms with Gasteiger partial charge in [-0.3, -0.25) is 41.9 Å². The number of alkyl halides is 2. The number of nitrogens with one attached hydrogen (secondary N) is 1. The van der Waals surface area contributed by atoms with Gasteiger partial charge in [-0.05, 0) is 47.6 Å². The zero-order chi connectivity index (χ0) is 42.3. The third kappa shape index (κ3) is 8.94. The summed E-state index contributed by atoms with van der Waals surface area (Å²) in [4.78, 5) is 61.2. The van der Waals surface area contributed by atoms with Crippen molar-refractivity contribution in [2.45, 2.75) is 74.9 Å². The molecule has 24 heteroatoms. The summed E-state index contributed by atoms with van der Waals surface area (Å²) in [6, 6.07) is 14.1. The Morgan fingerprint density at radius 3 is 2.32 bits per heavy atom. The smallest absolute Gasteiger partial charge is 0.382 e. The van der Waals surface area contributed by atoms with Crippen LogP contribution in [0.15, 0.2) is 73.5 Å². The van der Waals surface area contributed by atoms with Gasteiger partial charge in [0.05, 0.1) is 26.0 Å². The number of nitrogen functional groups attached to an aromatic ring is 1. The number of imidazole rings is 1. The molecule has 2 aromatic heterocycles. The molecule has 3 fully saturated rings. The summed E-state index contributed by atoms with van der Waals surface area (Å²) in [5.41, 5.74) is 9.08. The van der Waals surface area contributed by atoms with E-state index in [4.69, 9.17) is 33.3 Å². The minimum Gasteiger partial charge on any atom is -0.382 e. The first-order valence-corrected chi connectivity index (χ1v) is 23.0. The third-order valence-corrected chi connectivity index (χ3v) is 14.6. The maximum atomic E-state index is 16.6. The highest BCUT2D eigenvalue weighted by molar-refractivity contribution is 8.54. The topological polar surface area (TPSA) is 246 Å². The molecular formula is C36H37F2N7O12P2S. The number of anilines is 1. The van der Waals surface area contributed by atoms with E-state index < -0.39 is 95.2 Å². The molecule has 10 atom stereocenters. The number of ketones is 1. The minimum absolute atomic E-state index is 0.00522. The molecule has 0 spiro atoms. The molecule has 4 aliphatic heterocycles. The number of carbonyl (C=O) groups is 3. The number of phosphoric ester groups is 1. The lowest BCUT2D eigenvalue weighted by atomic mass is 10.1. The molecule has 4 aliphatic rings. The fourth-order valence-corrected chi connectivity index (χ4v) is 11.1. The molecule has 2 amide bonds. The van der Waals surface area contributed by atoms with Gasteiger partial charge in [0.1, 0.15) is 36.3 Å². The molecule has 0 aliphatic carbocycles. The third-order valence-electron chi connectivity index (χ3n) is 9.98. The Balaban J connectivity index is 1.06. The first kappa shape index (κ1) is 42.2. The molecule has 3 saturated heterocycles. The van der Waals surface area contributed by atoms with Crippen molar-refractivity contribution >= 4 is 60.6 Å². The van der Waals surface area contributed by atoms with Crippen molar-refractivity contribution in [2.75, 3.05) is 18.9 Å². The zero-order valence-corrected chi connectivity index (χ0v) is 34.0. The van der Waals surface area contributed by atoms with Crippen LogP contribution in [-0.4, -0.2) is 103 Å². The van der Waals surface area contributed by atoms with Crippen LogP contribution in [0.25, 0.3) is 11.2 Å². The van der Waals surface area contributed by atoms with Crippen molar-refractivity contribution < 1.29 is 64.8 Å². The van der Waals surface area contributed by atoms with Gasteiger partial charge in [-0.1, -0.05) is 42.0 Å². The first-order chi connectivity index (χ1) is 28.7. The molecule has 318 valence electrons. The number of amides is 2. The average molecular weight is 892 g/mol. The monoisotopic (exact) mass is 891 g/mol. The number of nitrogens with zero attached hydrogens (tertiary/aromatic N) is 5. The normalized spacial score (nSPS) is 32.3. The van der Waals surface area contributed by atoms with Crippen LogP contribution < -0.4 is 11.1 Å². The Labute approximate surface area is 343 Å². The van der Waals surface area contributed by atoms with Crippen molar-refractivity contribution in [1.29, 1.82) is 0 Å². The molecule has 6 heterocycles. The number of phosphoric acid groups is 1. The Bertz CT molecular complexity index is 2410. The number of hydrogen-bond acceptors (Lipinski definition) is 16. The molecule has 19 nitrogen and oxygen atoms in total. The van der Waals surface area contributed by atoms with Gasteiger partial charge in [0.15, 0.2) is 42.0 Å². The highest BCUT2D eigenvalue weighted by Gasteiger charge is 2.56. The predicted molar refractivity (Wildman–Crippen MR) is 207 cm³/mol. The Morgan fingerprint density at radius 2 is 1.60 bits per heavy atom. The van der Waals surface area contributed by atoms with E-state index in [1.807, 2.05) is 19.1 Å². The lowest BCUT2D eigenvalue weighted by molar-refractivity contribution is -0.148. The Kier molecular flexibility index (Phi) is 12.1. The molecule has 60 heavy (non-hydrogen) atoms. The van der Waals surface area contributed by atoms with Crippen molar-refractivity contribution in [3.8, 4) is 0 Å². The molecule has 0 saturated carbocycles. The largest absolute Gasteiger partial charge is 0.472 e. The number of hydrogen-bond donors (Lipinski definition) is 3. The number of fused-ring (bicyclic) bond motifs is 5. The number of carbonyl (C=O) groups excluding carboxylic acids is 3.